The van der Waals surface area contributed by atoms with Crippen LogP contribution in [0, 0.1) is 0 Å². The third-order valence-corrected chi connectivity index (χ3v) is 0.689. The number of rotatable bonds is 3. The van der Waals surface area contributed by atoms with E-state index in [-0.39, 0.29) is 24.0 Å². The Balaban J connectivity index is 0. The first-order valence-corrected chi connectivity index (χ1v) is 2.20. The lowest BCUT2D eigenvalue weighted by Crippen LogP contribution is -3.00. The van der Waals surface area contributed by atoms with Gasteiger partial charge in [-0.05, 0) is 0 Å². The molecule has 5 nitrogen and oxygen atoms in total. The number of halogens is 1. The average Bonchev–Trinajstić information content (AvgIpc) is 1.63. The summed E-state index contributed by atoms with van der Waals surface area (Å²) in [6.45, 7) is 0. The van der Waals surface area contributed by atoms with E-state index in [0.29, 0.717) is 0 Å². The van der Waals surface area contributed by atoms with Crippen molar-refractivity contribution < 1.29 is 43.8 Å². The molecular weight excluding hydrogens is 253 g/mol. The quantitative estimate of drug-likeness (QED) is 0.506. The second kappa shape index (κ2) is 5.42. The van der Waals surface area contributed by atoms with Gasteiger partial charge in [0.15, 0.2) is 0 Å². The summed E-state index contributed by atoms with van der Waals surface area (Å²) in [4.78, 5) is 19.3. The number of carbonyl (C=O) groups excluding carboxylic acids is 2. The molecule has 0 aliphatic rings. The van der Waals surface area contributed by atoms with Crippen LogP contribution in [0.3, 0.4) is 0 Å². The number of carboxylic acids is 2. The van der Waals surface area contributed by atoms with Gasteiger partial charge in [0.25, 0.3) is 0 Å². The van der Waals surface area contributed by atoms with E-state index in [4.69, 9.17) is 5.73 Å². The van der Waals surface area contributed by atoms with Gasteiger partial charge in [0.05, 0.1) is 5.97 Å². The minimum absolute atomic E-state index is 0. The van der Waals surface area contributed by atoms with Crippen molar-refractivity contribution in [3.63, 3.8) is 0 Å². The number of hydrogen-bond donors (Lipinski definition) is 1. The molecule has 0 amide bonds. The molecule has 0 saturated heterocycles. The Hall–Kier alpha value is -0.370. The van der Waals surface area contributed by atoms with Gasteiger partial charge in [-0.2, -0.15) is 0 Å². The van der Waals surface area contributed by atoms with Crippen LogP contribution in [-0.4, -0.2) is 18.0 Å². The Labute approximate surface area is 74.2 Å². The first kappa shape index (κ1) is 12.3. The molecule has 0 aliphatic heterocycles. The predicted molar refractivity (Wildman–Crippen MR) is 22.6 cm³/mol. The van der Waals surface area contributed by atoms with E-state index >= 15 is 0 Å². The zero-order valence-corrected chi connectivity index (χ0v) is 7.03. The van der Waals surface area contributed by atoms with Crippen molar-refractivity contribution in [1.29, 1.82) is 0 Å². The molecule has 0 fully saturated rings. The predicted octanol–water partition coefficient (Wildman–Crippen LogP) is -6.79. The Morgan fingerprint density at radius 3 is 1.90 bits per heavy atom. The molecular formula is C4H5INO4. The normalized spacial score (nSPS) is 11.3. The van der Waals surface area contributed by atoms with Crippen LogP contribution in [0.1, 0.15) is 6.42 Å². The van der Waals surface area contributed by atoms with Gasteiger partial charge < -0.3 is 25.5 Å². The van der Waals surface area contributed by atoms with Crippen molar-refractivity contribution >= 4 is 11.9 Å². The van der Waals surface area contributed by atoms with Crippen LogP contribution in [-0.2, 0) is 9.59 Å². The summed E-state index contributed by atoms with van der Waals surface area (Å²) in [6.07, 6.45) is -0.706. The molecule has 0 unspecified atom stereocenters. The van der Waals surface area contributed by atoms with Crippen molar-refractivity contribution in [2.45, 2.75) is 12.5 Å². The van der Waals surface area contributed by atoms with Gasteiger partial charge in [-0.1, -0.05) is 0 Å². The highest BCUT2D eigenvalue weighted by molar-refractivity contribution is 5.77. The minimum atomic E-state index is -1.58. The summed E-state index contributed by atoms with van der Waals surface area (Å²) < 4.78 is 0. The SMILES string of the molecule is N[C@@H](CC(=O)[O-])C(=O)[O-].[I+2]. The maximum atomic E-state index is 9.71. The summed E-state index contributed by atoms with van der Waals surface area (Å²) in [6, 6.07) is -1.46. The highest BCUT2D eigenvalue weighted by atomic mass is 127. The Kier molecular flexibility index (Phi) is 6.67. The molecule has 0 bridgehead atoms. The molecule has 10 heavy (non-hydrogen) atoms. The van der Waals surface area contributed by atoms with Crippen LogP contribution < -0.4 is 39.9 Å². The van der Waals surface area contributed by atoms with Gasteiger partial charge in [-0.15, -0.1) is 0 Å². The number of carbonyl (C=O) groups is 2. The van der Waals surface area contributed by atoms with E-state index in [1.165, 1.54) is 0 Å². The minimum Gasteiger partial charge on any atom is -0.550 e. The third kappa shape index (κ3) is 5.76. The number of aliphatic carboxylic acids is 2. The van der Waals surface area contributed by atoms with E-state index in [9.17, 15) is 19.8 Å². The van der Waals surface area contributed by atoms with Crippen LogP contribution in [0.4, 0.5) is 0 Å². The fourth-order valence-corrected chi connectivity index (χ4v) is 0.263. The highest BCUT2D eigenvalue weighted by Crippen LogP contribution is 1.81. The van der Waals surface area contributed by atoms with E-state index in [2.05, 4.69) is 0 Å². The van der Waals surface area contributed by atoms with E-state index < -0.39 is 24.4 Å². The van der Waals surface area contributed by atoms with Crippen molar-refractivity contribution in [1.82, 2.24) is 0 Å². The van der Waals surface area contributed by atoms with Crippen molar-refractivity contribution in [2.24, 2.45) is 5.73 Å². The van der Waals surface area contributed by atoms with Crippen LogP contribution in [0.25, 0.3) is 0 Å². The second-order valence-electron chi connectivity index (χ2n) is 1.50. The van der Waals surface area contributed by atoms with Gasteiger partial charge in [0.2, 0.25) is 0 Å². The molecule has 6 heteroatoms. The molecule has 0 aromatic rings. The fourth-order valence-electron chi connectivity index (χ4n) is 0.263. The Bertz CT molecular complexity index is 137. The van der Waals surface area contributed by atoms with Crippen LogP contribution >= 0.6 is 0 Å². The van der Waals surface area contributed by atoms with Gasteiger partial charge in [0.1, 0.15) is 0 Å². The second-order valence-corrected chi connectivity index (χ2v) is 1.50. The molecule has 2 N–H and O–H groups in total. The first-order valence-electron chi connectivity index (χ1n) is 2.20. The number of carboxylic acid groups (broad SMARTS) is 2. The monoisotopic (exact) mass is 258 g/mol. The van der Waals surface area contributed by atoms with Crippen LogP contribution in [0.5, 0.6) is 0 Å². The van der Waals surface area contributed by atoms with Crippen molar-refractivity contribution in [2.75, 3.05) is 0 Å². The smallest absolute Gasteiger partial charge is 0.550 e. The topological polar surface area (TPSA) is 106 Å². The zero-order chi connectivity index (χ0) is 7.44. The molecule has 0 aromatic carbocycles. The van der Waals surface area contributed by atoms with Crippen molar-refractivity contribution in [3.8, 4) is 0 Å². The summed E-state index contributed by atoms with van der Waals surface area (Å²) >= 11 is 0. The molecule has 0 saturated carbocycles. The van der Waals surface area contributed by atoms with Gasteiger partial charge >= 0.3 is 24.0 Å². The first-order chi connectivity index (χ1) is 4.04. The van der Waals surface area contributed by atoms with E-state index in [1.54, 1.807) is 0 Å². The molecule has 0 aliphatic carbocycles. The molecule has 0 spiro atoms. The Morgan fingerprint density at radius 1 is 1.40 bits per heavy atom. The van der Waals surface area contributed by atoms with Gasteiger partial charge in [-0.25, -0.2) is 0 Å². The van der Waals surface area contributed by atoms with Gasteiger partial charge in [0, 0.05) is 18.4 Å². The molecule has 0 rings (SSSR count). The largest absolute Gasteiger partial charge is 2.00 e. The molecule has 1 atom stereocenters. The zero-order valence-electron chi connectivity index (χ0n) is 4.87. The highest BCUT2D eigenvalue weighted by Gasteiger charge is 2.01. The fraction of sp³-hybridized carbons (Fsp3) is 0.500. The molecule has 0 aromatic heterocycles. The van der Waals surface area contributed by atoms with Gasteiger partial charge in [-0.3, -0.25) is 0 Å². The summed E-state index contributed by atoms with van der Waals surface area (Å²) in [5, 5.41) is 19.3. The van der Waals surface area contributed by atoms with Crippen LogP contribution in [0.15, 0.2) is 0 Å². The lowest BCUT2D eigenvalue weighted by atomic mass is 10.2. The summed E-state index contributed by atoms with van der Waals surface area (Å²) in [7, 11) is 0. The lowest BCUT2D eigenvalue weighted by molar-refractivity contribution is -0.316. The standard InChI is InChI=1S/C4H7NO4.I/c5-2(4(8)9)1-3(6)7;/h2H,1,5H2,(H,6,7)(H,8,9);/q;+2/p-2/t2-;/m0./s1. The molecule has 3 radical (unpaired) electrons. The Morgan fingerprint density at radius 2 is 1.80 bits per heavy atom. The maximum absolute atomic E-state index is 9.71. The number of hydrogen-bond acceptors (Lipinski definition) is 5. The van der Waals surface area contributed by atoms with E-state index in [1.807, 2.05) is 0 Å². The summed E-state index contributed by atoms with van der Waals surface area (Å²) in [5.41, 5.74) is 4.73. The summed E-state index contributed by atoms with van der Waals surface area (Å²) in [5.74, 6) is -3.08. The number of nitrogens with two attached hydrogens (primary N) is 1. The lowest BCUT2D eigenvalue weighted by Gasteiger charge is -2.11. The van der Waals surface area contributed by atoms with E-state index in [0.717, 1.165) is 0 Å². The molecule has 57 valence electrons. The van der Waals surface area contributed by atoms with Crippen LogP contribution in [0.2, 0.25) is 0 Å². The third-order valence-electron chi connectivity index (χ3n) is 0.689. The maximum Gasteiger partial charge on any atom is 2.00 e. The molecule has 0 heterocycles. The van der Waals surface area contributed by atoms with Crippen molar-refractivity contribution in [3.05, 3.63) is 0 Å². The average molecular weight is 258 g/mol.